The smallest absolute Gasteiger partial charge is 0.0346 e. The molecule has 0 aliphatic heterocycles. The van der Waals surface area contributed by atoms with Crippen molar-refractivity contribution in [1.82, 2.24) is 0 Å². The highest BCUT2D eigenvalue weighted by molar-refractivity contribution is 5.52. The standard InChI is InChI=1S/C18H24N2/c1-4-13-11-15(7-9-18(13)20)16(5-2)14-6-8-17(19)12(3)10-14/h6-11,16H,4-5,19-20H2,1-3H3. The Morgan fingerprint density at radius 1 is 0.900 bits per heavy atom. The van der Waals surface area contributed by atoms with Gasteiger partial charge in [0.2, 0.25) is 0 Å². The normalized spacial score (nSPS) is 12.3. The molecule has 0 spiro atoms. The maximum absolute atomic E-state index is 6.01. The summed E-state index contributed by atoms with van der Waals surface area (Å²) in [4.78, 5) is 0. The molecule has 0 radical (unpaired) electrons. The van der Waals surface area contributed by atoms with Crippen LogP contribution in [0.4, 0.5) is 11.4 Å². The molecule has 0 aromatic heterocycles. The fourth-order valence-electron chi connectivity index (χ4n) is 2.73. The lowest BCUT2D eigenvalue weighted by Gasteiger charge is -2.19. The third kappa shape index (κ3) is 2.79. The number of rotatable bonds is 4. The fraction of sp³-hybridized carbons (Fsp3) is 0.333. The number of benzene rings is 2. The van der Waals surface area contributed by atoms with Crippen LogP contribution >= 0.6 is 0 Å². The first-order chi connectivity index (χ1) is 9.56. The Morgan fingerprint density at radius 2 is 1.50 bits per heavy atom. The zero-order valence-corrected chi connectivity index (χ0v) is 12.6. The first kappa shape index (κ1) is 14.4. The van der Waals surface area contributed by atoms with Crippen LogP contribution in [0.5, 0.6) is 0 Å². The van der Waals surface area contributed by atoms with E-state index in [9.17, 15) is 0 Å². The molecule has 2 aromatic carbocycles. The molecule has 0 amide bonds. The van der Waals surface area contributed by atoms with E-state index < -0.39 is 0 Å². The predicted molar refractivity (Wildman–Crippen MR) is 88.0 cm³/mol. The van der Waals surface area contributed by atoms with Gasteiger partial charge in [-0.3, -0.25) is 0 Å². The van der Waals surface area contributed by atoms with Crippen molar-refractivity contribution >= 4 is 11.4 Å². The molecule has 4 N–H and O–H groups in total. The number of aryl methyl sites for hydroxylation is 2. The summed E-state index contributed by atoms with van der Waals surface area (Å²) in [6, 6.07) is 12.8. The van der Waals surface area contributed by atoms with Gasteiger partial charge in [0.1, 0.15) is 0 Å². The summed E-state index contributed by atoms with van der Waals surface area (Å²) >= 11 is 0. The molecule has 0 saturated heterocycles. The van der Waals surface area contributed by atoms with E-state index in [4.69, 9.17) is 11.5 Å². The van der Waals surface area contributed by atoms with Crippen LogP contribution in [0.25, 0.3) is 0 Å². The van der Waals surface area contributed by atoms with Crippen LogP contribution in [0.2, 0.25) is 0 Å². The summed E-state index contributed by atoms with van der Waals surface area (Å²) in [7, 11) is 0. The van der Waals surface area contributed by atoms with E-state index in [0.717, 1.165) is 29.8 Å². The van der Waals surface area contributed by atoms with Gasteiger partial charge in [0, 0.05) is 17.3 Å². The van der Waals surface area contributed by atoms with Crippen LogP contribution in [-0.2, 0) is 6.42 Å². The summed E-state index contributed by atoms with van der Waals surface area (Å²) in [5.41, 5.74) is 18.7. The third-order valence-corrected chi connectivity index (χ3v) is 4.05. The average molecular weight is 268 g/mol. The number of nitrogens with two attached hydrogens (primary N) is 2. The van der Waals surface area contributed by atoms with Crippen molar-refractivity contribution in [2.75, 3.05) is 11.5 Å². The molecule has 0 bridgehead atoms. The van der Waals surface area contributed by atoms with Crippen LogP contribution in [0, 0.1) is 6.92 Å². The van der Waals surface area contributed by atoms with E-state index in [0.29, 0.717) is 5.92 Å². The highest BCUT2D eigenvalue weighted by atomic mass is 14.6. The van der Waals surface area contributed by atoms with Crippen molar-refractivity contribution in [1.29, 1.82) is 0 Å². The molecular formula is C18H24N2. The number of anilines is 2. The van der Waals surface area contributed by atoms with Gasteiger partial charge in [-0.25, -0.2) is 0 Å². The number of nitrogen functional groups attached to an aromatic ring is 2. The van der Waals surface area contributed by atoms with E-state index >= 15 is 0 Å². The summed E-state index contributed by atoms with van der Waals surface area (Å²) in [5, 5.41) is 0. The monoisotopic (exact) mass is 268 g/mol. The van der Waals surface area contributed by atoms with Crippen LogP contribution < -0.4 is 11.5 Å². The minimum atomic E-state index is 0.403. The summed E-state index contributed by atoms with van der Waals surface area (Å²) in [5.74, 6) is 0.403. The predicted octanol–water partition coefficient (Wildman–Crippen LogP) is 4.26. The molecule has 2 rings (SSSR count). The highest BCUT2D eigenvalue weighted by Crippen LogP contribution is 2.31. The highest BCUT2D eigenvalue weighted by Gasteiger charge is 2.14. The molecule has 2 nitrogen and oxygen atoms in total. The van der Waals surface area contributed by atoms with Gasteiger partial charge in [-0.1, -0.05) is 38.1 Å². The molecule has 2 heteroatoms. The molecular weight excluding hydrogens is 244 g/mol. The first-order valence-electron chi connectivity index (χ1n) is 7.31. The van der Waals surface area contributed by atoms with E-state index in [1.807, 2.05) is 12.1 Å². The molecule has 0 aliphatic rings. The van der Waals surface area contributed by atoms with Gasteiger partial charge >= 0.3 is 0 Å². The molecule has 20 heavy (non-hydrogen) atoms. The minimum Gasteiger partial charge on any atom is -0.399 e. The van der Waals surface area contributed by atoms with Crippen molar-refractivity contribution in [3.05, 3.63) is 58.7 Å². The maximum atomic E-state index is 6.01. The zero-order chi connectivity index (χ0) is 14.7. The number of hydrogen-bond acceptors (Lipinski definition) is 2. The van der Waals surface area contributed by atoms with Crippen LogP contribution in [0.15, 0.2) is 36.4 Å². The fourth-order valence-corrected chi connectivity index (χ4v) is 2.73. The molecule has 0 aliphatic carbocycles. The average Bonchev–Trinajstić information content (AvgIpc) is 2.45. The maximum Gasteiger partial charge on any atom is 0.0346 e. The second-order valence-electron chi connectivity index (χ2n) is 5.39. The van der Waals surface area contributed by atoms with Gasteiger partial charge in [-0.05, 0) is 54.2 Å². The van der Waals surface area contributed by atoms with E-state index in [2.05, 4.69) is 45.0 Å². The topological polar surface area (TPSA) is 52.0 Å². The Balaban J connectivity index is 2.43. The molecule has 106 valence electrons. The van der Waals surface area contributed by atoms with Gasteiger partial charge in [-0.15, -0.1) is 0 Å². The van der Waals surface area contributed by atoms with Gasteiger partial charge in [0.05, 0.1) is 0 Å². The zero-order valence-electron chi connectivity index (χ0n) is 12.6. The summed E-state index contributed by atoms with van der Waals surface area (Å²) in [6.07, 6.45) is 2.04. The van der Waals surface area contributed by atoms with E-state index in [1.165, 1.54) is 16.7 Å². The van der Waals surface area contributed by atoms with Gasteiger partial charge in [0.15, 0.2) is 0 Å². The Hall–Kier alpha value is -1.96. The lowest BCUT2D eigenvalue weighted by atomic mass is 9.87. The Bertz CT molecular complexity index is 602. The lowest BCUT2D eigenvalue weighted by Crippen LogP contribution is -2.03. The van der Waals surface area contributed by atoms with Crippen LogP contribution in [0.3, 0.4) is 0 Å². The molecule has 2 aromatic rings. The van der Waals surface area contributed by atoms with Crippen LogP contribution in [-0.4, -0.2) is 0 Å². The number of hydrogen-bond donors (Lipinski definition) is 2. The Kier molecular flexibility index (Phi) is 4.33. The van der Waals surface area contributed by atoms with Gasteiger partial charge in [-0.2, -0.15) is 0 Å². The van der Waals surface area contributed by atoms with Gasteiger partial charge in [0.25, 0.3) is 0 Å². The molecule has 1 unspecified atom stereocenters. The van der Waals surface area contributed by atoms with Crippen molar-refractivity contribution in [2.24, 2.45) is 0 Å². The van der Waals surface area contributed by atoms with E-state index in [1.54, 1.807) is 0 Å². The Morgan fingerprint density at radius 3 is 2.05 bits per heavy atom. The molecule has 0 fully saturated rings. The second kappa shape index (κ2) is 6.00. The largest absolute Gasteiger partial charge is 0.399 e. The van der Waals surface area contributed by atoms with E-state index in [-0.39, 0.29) is 0 Å². The summed E-state index contributed by atoms with van der Waals surface area (Å²) in [6.45, 7) is 6.42. The SMILES string of the molecule is CCc1cc(C(CC)c2ccc(N)c(C)c2)ccc1N. The van der Waals surface area contributed by atoms with Crippen molar-refractivity contribution in [2.45, 2.75) is 39.5 Å². The minimum absolute atomic E-state index is 0.403. The van der Waals surface area contributed by atoms with Crippen molar-refractivity contribution < 1.29 is 0 Å². The lowest BCUT2D eigenvalue weighted by molar-refractivity contribution is 0.775. The Labute approximate surface area is 121 Å². The van der Waals surface area contributed by atoms with Gasteiger partial charge < -0.3 is 11.5 Å². The van der Waals surface area contributed by atoms with Crippen LogP contribution in [0.1, 0.15) is 48.4 Å². The molecule has 0 heterocycles. The summed E-state index contributed by atoms with van der Waals surface area (Å²) < 4.78 is 0. The molecule has 0 saturated carbocycles. The first-order valence-corrected chi connectivity index (χ1v) is 7.31. The second-order valence-corrected chi connectivity index (χ2v) is 5.39. The van der Waals surface area contributed by atoms with Crippen molar-refractivity contribution in [3.8, 4) is 0 Å². The quantitative estimate of drug-likeness (QED) is 0.814. The molecule has 1 atom stereocenters. The van der Waals surface area contributed by atoms with Crippen molar-refractivity contribution in [3.63, 3.8) is 0 Å². The third-order valence-electron chi connectivity index (χ3n) is 4.05.